The standard InChI is InChI=1S/C42H46O4/c1-7-17-27(3)31-20-11-15-25-36(31)41(43)45-39-30(6)34-23-13-14-24-35(34)38(33-22-10-9-19-29(33)5)40(39)46-42(44)37-26-16-12-21-32(37)28(4)18-8-2/h9-16,19-28,30,39H,7-8,17-18H2,1-6H3. The van der Waals surface area contributed by atoms with Gasteiger partial charge >= 0.3 is 11.9 Å². The quantitative estimate of drug-likeness (QED) is 0.158. The van der Waals surface area contributed by atoms with Gasteiger partial charge in [0.1, 0.15) is 0 Å². The molecule has 46 heavy (non-hydrogen) atoms. The fourth-order valence-electron chi connectivity index (χ4n) is 6.92. The van der Waals surface area contributed by atoms with E-state index in [9.17, 15) is 9.59 Å². The third kappa shape index (κ3) is 6.72. The highest BCUT2D eigenvalue weighted by Crippen LogP contribution is 2.45. The molecule has 0 radical (unpaired) electrons. The molecule has 0 spiro atoms. The highest BCUT2D eigenvalue weighted by molar-refractivity contribution is 5.96. The third-order valence-corrected chi connectivity index (χ3v) is 9.40. The van der Waals surface area contributed by atoms with Gasteiger partial charge in [0.05, 0.1) is 11.1 Å². The monoisotopic (exact) mass is 614 g/mol. The zero-order valence-electron chi connectivity index (χ0n) is 28.0. The number of carbonyl (C=O) groups is 2. The van der Waals surface area contributed by atoms with Gasteiger partial charge in [-0.05, 0) is 77.1 Å². The minimum Gasteiger partial charge on any atom is -0.450 e. The van der Waals surface area contributed by atoms with Gasteiger partial charge in [-0.3, -0.25) is 0 Å². The Morgan fingerprint density at radius 3 is 1.76 bits per heavy atom. The topological polar surface area (TPSA) is 52.6 Å². The van der Waals surface area contributed by atoms with Crippen molar-refractivity contribution in [3.8, 4) is 0 Å². The van der Waals surface area contributed by atoms with Crippen LogP contribution in [0.1, 0.15) is 132 Å². The Hall–Kier alpha value is -4.44. The van der Waals surface area contributed by atoms with Crippen LogP contribution in [0.2, 0.25) is 0 Å². The van der Waals surface area contributed by atoms with Gasteiger partial charge in [0, 0.05) is 11.5 Å². The van der Waals surface area contributed by atoms with Crippen molar-refractivity contribution in [2.24, 2.45) is 0 Å². The van der Waals surface area contributed by atoms with Gasteiger partial charge < -0.3 is 9.47 Å². The summed E-state index contributed by atoms with van der Waals surface area (Å²) in [5, 5.41) is 0. The summed E-state index contributed by atoms with van der Waals surface area (Å²) in [6, 6.07) is 31.6. The van der Waals surface area contributed by atoms with Crippen LogP contribution in [0.3, 0.4) is 0 Å². The maximum Gasteiger partial charge on any atom is 0.343 e. The molecule has 4 nitrogen and oxygen atoms in total. The first-order chi connectivity index (χ1) is 22.3. The van der Waals surface area contributed by atoms with Crippen molar-refractivity contribution in [2.45, 2.75) is 91.1 Å². The fourth-order valence-corrected chi connectivity index (χ4v) is 6.92. The molecule has 0 bridgehead atoms. The van der Waals surface area contributed by atoms with Crippen LogP contribution in [-0.2, 0) is 9.47 Å². The summed E-state index contributed by atoms with van der Waals surface area (Å²) < 4.78 is 13.0. The van der Waals surface area contributed by atoms with Crippen molar-refractivity contribution >= 4 is 17.5 Å². The first-order valence-corrected chi connectivity index (χ1v) is 16.8. The summed E-state index contributed by atoms with van der Waals surface area (Å²) in [5.74, 6) is -0.343. The van der Waals surface area contributed by atoms with Crippen molar-refractivity contribution in [1.29, 1.82) is 0 Å². The minimum absolute atomic E-state index is 0.194. The average Bonchev–Trinajstić information content (AvgIpc) is 3.07. The SMILES string of the molecule is CCCC(C)c1ccccc1C(=O)OC1=C(c2ccccc2C)c2ccccc2C(C)C1OC(=O)c1ccccc1C(C)CCC. The second-order valence-electron chi connectivity index (χ2n) is 12.7. The highest BCUT2D eigenvalue weighted by atomic mass is 16.6. The number of rotatable bonds is 11. The fraction of sp³-hybridized carbons (Fsp3) is 0.333. The first-order valence-electron chi connectivity index (χ1n) is 16.8. The summed E-state index contributed by atoms with van der Waals surface area (Å²) in [4.78, 5) is 28.4. The van der Waals surface area contributed by atoms with Gasteiger partial charge in [-0.2, -0.15) is 0 Å². The molecule has 238 valence electrons. The van der Waals surface area contributed by atoms with Crippen molar-refractivity contribution in [1.82, 2.24) is 0 Å². The van der Waals surface area contributed by atoms with Gasteiger partial charge in [0.25, 0.3) is 0 Å². The predicted octanol–water partition coefficient (Wildman–Crippen LogP) is 10.8. The van der Waals surface area contributed by atoms with Crippen LogP contribution < -0.4 is 0 Å². The molecule has 0 aromatic heterocycles. The van der Waals surface area contributed by atoms with E-state index in [0.717, 1.165) is 64.6 Å². The number of aryl methyl sites for hydroxylation is 1. The Labute approximate surface area is 274 Å². The Morgan fingerprint density at radius 1 is 0.674 bits per heavy atom. The van der Waals surface area contributed by atoms with E-state index in [0.29, 0.717) is 16.9 Å². The van der Waals surface area contributed by atoms with Crippen molar-refractivity contribution in [3.05, 3.63) is 147 Å². The lowest BCUT2D eigenvalue weighted by Crippen LogP contribution is -2.33. The third-order valence-electron chi connectivity index (χ3n) is 9.40. The Kier molecular flexibility index (Phi) is 10.6. The van der Waals surface area contributed by atoms with Gasteiger partial charge in [0.2, 0.25) is 0 Å². The first kappa shape index (κ1) is 32.9. The normalized spacial score (nSPS) is 17.2. The van der Waals surface area contributed by atoms with Crippen LogP contribution >= 0.6 is 0 Å². The maximum atomic E-state index is 14.2. The van der Waals surface area contributed by atoms with Crippen molar-refractivity contribution in [3.63, 3.8) is 0 Å². The smallest absolute Gasteiger partial charge is 0.343 e. The molecule has 0 amide bonds. The number of hydrogen-bond acceptors (Lipinski definition) is 4. The minimum atomic E-state index is -0.823. The van der Waals surface area contributed by atoms with E-state index < -0.39 is 18.0 Å². The highest BCUT2D eigenvalue weighted by Gasteiger charge is 2.40. The summed E-state index contributed by atoms with van der Waals surface area (Å²) in [7, 11) is 0. The lowest BCUT2D eigenvalue weighted by molar-refractivity contribution is 0.0145. The molecule has 5 rings (SSSR count). The number of hydrogen-bond donors (Lipinski definition) is 0. The lowest BCUT2D eigenvalue weighted by Gasteiger charge is -2.35. The Morgan fingerprint density at radius 2 is 1.17 bits per heavy atom. The van der Waals surface area contributed by atoms with Gasteiger partial charge in [-0.1, -0.05) is 132 Å². The molecule has 1 aliphatic rings. The second kappa shape index (κ2) is 14.8. The largest absolute Gasteiger partial charge is 0.450 e. The van der Waals surface area contributed by atoms with Gasteiger partial charge in [-0.15, -0.1) is 0 Å². The molecular weight excluding hydrogens is 568 g/mol. The van der Waals surface area contributed by atoms with Gasteiger partial charge in [0.15, 0.2) is 11.9 Å². The molecular formula is C42H46O4. The molecule has 0 fully saturated rings. The maximum absolute atomic E-state index is 14.2. The van der Waals surface area contributed by atoms with E-state index >= 15 is 0 Å². The van der Waals surface area contributed by atoms with E-state index in [-0.39, 0.29) is 17.8 Å². The number of esters is 2. The van der Waals surface area contributed by atoms with E-state index in [2.05, 4.69) is 52.8 Å². The zero-order chi connectivity index (χ0) is 32.8. The molecule has 0 saturated heterocycles. The van der Waals surface area contributed by atoms with Crippen LogP contribution in [-0.4, -0.2) is 18.0 Å². The van der Waals surface area contributed by atoms with Crippen molar-refractivity contribution in [2.75, 3.05) is 0 Å². The Balaban J connectivity index is 1.67. The average molecular weight is 615 g/mol. The van der Waals surface area contributed by atoms with E-state index in [4.69, 9.17) is 9.47 Å². The molecule has 0 aliphatic heterocycles. The lowest BCUT2D eigenvalue weighted by atomic mass is 9.77. The number of fused-ring (bicyclic) bond motifs is 1. The van der Waals surface area contributed by atoms with Crippen LogP contribution in [0.5, 0.6) is 0 Å². The van der Waals surface area contributed by atoms with Crippen LogP contribution in [0, 0.1) is 6.92 Å². The number of carbonyl (C=O) groups excluding carboxylic acids is 2. The van der Waals surface area contributed by atoms with E-state index in [1.165, 1.54) is 0 Å². The molecule has 4 heteroatoms. The molecule has 4 aromatic rings. The summed E-state index contributed by atoms with van der Waals surface area (Å²) >= 11 is 0. The summed E-state index contributed by atoms with van der Waals surface area (Å²) in [5.41, 5.74) is 7.80. The van der Waals surface area contributed by atoms with Crippen LogP contribution in [0.15, 0.2) is 103 Å². The summed E-state index contributed by atoms with van der Waals surface area (Å²) in [6.45, 7) is 12.7. The molecule has 0 heterocycles. The number of benzene rings is 4. The predicted molar refractivity (Wildman–Crippen MR) is 186 cm³/mol. The van der Waals surface area contributed by atoms with E-state index in [1.807, 2.05) is 85.8 Å². The van der Waals surface area contributed by atoms with Gasteiger partial charge in [-0.25, -0.2) is 9.59 Å². The molecule has 4 atom stereocenters. The molecule has 0 N–H and O–H groups in total. The van der Waals surface area contributed by atoms with Crippen LogP contribution in [0.25, 0.3) is 5.57 Å². The second-order valence-corrected chi connectivity index (χ2v) is 12.7. The zero-order valence-corrected chi connectivity index (χ0v) is 28.0. The summed E-state index contributed by atoms with van der Waals surface area (Å²) in [6.07, 6.45) is 3.13. The number of ether oxygens (including phenoxy) is 2. The molecule has 4 aromatic carbocycles. The molecule has 4 unspecified atom stereocenters. The molecule has 0 saturated carbocycles. The van der Waals surface area contributed by atoms with Crippen LogP contribution in [0.4, 0.5) is 0 Å². The Bertz CT molecular complexity index is 1730. The molecule has 1 aliphatic carbocycles. The van der Waals surface area contributed by atoms with E-state index in [1.54, 1.807) is 0 Å². The van der Waals surface area contributed by atoms with Crippen molar-refractivity contribution < 1.29 is 19.1 Å².